The van der Waals surface area contributed by atoms with Crippen molar-refractivity contribution in [3.8, 4) is 0 Å². The highest BCUT2D eigenvalue weighted by atomic mass is 32.2. The predicted molar refractivity (Wildman–Crippen MR) is 76.1 cm³/mol. The van der Waals surface area contributed by atoms with Crippen LogP contribution < -0.4 is 5.32 Å². The summed E-state index contributed by atoms with van der Waals surface area (Å²) in [5, 5.41) is 3.23. The fraction of sp³-hybridized carbons (Fsp3) is 0.615. The fourth-order valence-corrected chi connectivity index (χ4v) is 2.37. The number of anilines is 1. The zero-order valence-corrected chi connectivity index (χ0v) is 12.9. The summed E-state index contributed by atoms with van der Waals surface area (Å²) in [6.07, 6.45) is 1.61. The summed E-state index contributed by atoms with van der Waals surface area (Å²) < 4.78 is 28.6. The molecule has 0 amide bonds. The Morgan fingerprint density at radius 3 is 2.42 bits per heavy atom. The van der Waals surface area contributed by atoms with E-state index < -0.39 is 14.6 Å². The maximum Gasteiger partial charge on any atom is 0.200 e. The minimum atomic E-state index is -3.39. The summed E-state index contributed by atoms with van der Waals surface area (Å²) in [7, 11) is -1.75. The smallest absolute Gasteiger partial charge is 0.200 e. The molecule has 0 aliphatic heterocycles. The Morgan fingerprint density at radius 2 is 2.00 bits per heavy atom. The van der Waals surface area contributed by atoms with Gasteiger partial charge in [-0.05, 0) is 39.8 Å². The molecule has 19 heavy (non-hydrogen) atoms. The van der Waals surface area contributed by atoms with E-state index in [0.29, 0.717) is 6.54 Å². The highest BCUT2D eigenvalue weighted by Gasteiger charge is 2.31. The molecule has 0 aromatic carbocycles. The van der Waals surface area contributed by atoms with Crippen molar-refractivity contribution in [3.05, 3.63) is 18.3 Å². The summed E-state index contributed by atoms with van der Waals surface area (Å²) >= 11 is 0. The van der Waals surface area contributed by atoms with Crippen molar-refractivity contribution < 1.29 is 13.2 Å². The summed E-state index contributed by atoms with van der Waals surface area (Å²) in [4.78, 5) is 4.03. The van der Waals surface area contributed by atoms with Crippen molar-refractivity contribution in [3.63, 3.8) is 0 Å². The molecule has 1 unspecified atom stereocenters. The van der Waals surface area contributed by atoms with Crippen LogP contribution in [0.2, 0.25) is 0 Å². The van der Waals surface area contributed by atoms with Crippen molar-refractivity contribution >= 4 is 15.5 Å². The van der Waals surface area contributed by atoms with Gasteiger partial charge in [0.25, 0.3) is 0 Å². The van der Waals surface area contributed by atoms with Crippen LogP contribution >= 0.6 is 0 Å². The number of hydrogen-bond donors (Lipinski definition) is 1. The quantitative estimate of drug-likeness (QED) is 0.897. The van der Waals surface area contributed by atoms with Crippen LogP contribution in [0, 0.1) is 0 Å². The maximum atomic E-state index is 12.2. The number of hydrogen-bond acceptors (Lipinski definition) is 5. The fourth-order valence-electron chi connectivity index (χ4n) is 1.30. The van der Waals surface area contributed by atoms with Crippen LogP contribution in [0.15, 0.2) is 23.4 Å². The third-order valence-corrected chi connectivity index (χ3v) is 5.22. The number of nitrogens with zero attached hydrogens (tertiary/aromatic N) is 1. The van der Waals surface area contributed by atoms with Gasteiger partial charge in [-0.15, -0.1) is 0 Å². The minimum absolute atomic E-state index is 0.0815. The van der Waals surface area contributed by atoms with Gasteiger partial charge in [0, 0.05) is 13.7 Å². The molecule has 1 N–H and O–H groups in total. The normalized spacial score (nSPS) is 14.2. The van der Waals surface area contributed by atoms with E-state index in [1.165, 1.54) is 12.3 Å². The molecule has 5 nitrogen and oxygen atoms in total. The Hall–Kier alpha value is -1.14. The summed E-state index contributed by atoms with van der Waals surface area (Å²) in [6, 6.07) is 3.24. The Balaban J connectivity index is 2.83. The number of ether oxygens (including phenoxy) is 1. The first kappa shape index (κ1) is 15.9. The first-order valence-corrected chi connectivity index (χ1v) is 7.64. The minimum Gasteiger partial charge on any atom is -0.381 e. The average molecular weight is 286 g/mol. The topological polar surface area (TPSA) is 68.3 Å². The molecule has 0 bridgehead atoms. The molecule has 1 atom stereocenters. The number of pyridine rings is 1. The van der Waals surface area contributed by atoms with Gasteiger partial charge in [0.05, 0.1) is 22.7 Å². The van der Waals surface area contributed by atoms with E-state index in [4.69, 9.17) is 4.74 Å². The number of aromatic nitrogens is 1. The van der Waals surface area contributed by atoms with E-state index >= 15 is 0 Å². The second-order valence-corrected chi connectivity index (χ2v) is 8.08. The van der Waals surface area contributed by atoms with Gasteiger partial charge in [-0.1, -0.05) is 0 Å². The van der Waals surface area contributed by atoms with Gasteiger partial charge in [0.15, 0.2) is 14.9 Å². The monoisotopic (exact) mass is 286 g/mol. The van der Waals surface area contributed by atoms with Crippen LogP contribution in [0.4, 0.5) is 5.69 Å². The zero-order chi connectivity index (χ0) is 14.7. The van der Waals surface area contributed by atoms with Crippen molar-refractivity contribution in [2.45, 2.75) is 43.6 Å². The SMILES string of the molecule is COC(C)CNc1ccc(S(=O)(=O)C(C)(C)C)nc1. The summed E-state index contributed by atoms with van der Waals surface area (Å²) in [5.41, 5.74) is 0.775. The van der Waals surface area contributed by atoms with E-state index in [-0.39, 0.29) is 11.1 Å². The van der Waals surface area contributed by atoms with Crippen LogP contribution in [-0.2, 0) is 14.6 Å². The molecule has 0 saturated heterocycles. The van der Waals surface area contributed by atoms with Crippen molar-refractivity contribution in [1.29, 1.82) is 0 Å². The lowest BCUT2D eigenvalue weighted by Crippen LogP contribution is -2.28. The molecular weight excluding hydrogens is 264 g/mol. The van der Waals surface area contributed by atoms with Gasteiger partial charge >= 0.3 is 0 Å². The molecule has 6 heteroatoms. The standard InChI is InChI=1S/C13H22N2O3S/c1-10(18-5)8-14-11-6-7-12(15-9-11)19(16,17)13(2,3)4/h6-7,9-10,14H,8H2,1-5H3. The number of methoxy groups -OCH3 is 1. The highest BCUT2D eigenvalue weighted by Crippen LogP contribution is 2.23. The first-order chi connectivity index (χ1) is 8.68. The molecular formula is C13H22N2O3S. The van der Waals surface area contributed by atoms with E-state index in [2.05, 4.69) is 10.3 Å². The van der Waals surface area contributed by atoms with E-state index in [0.717, 1.165) is 5.69 Å². The average Bonchev–Trinajstić information content (AvgIpc) is 2.35. The predicted octanol–water partition coefficient (Wildman–Crippen LogP) is 2.10. The number of nitrogens with one attached hydrogen (secondary N) is 1. The Bertz CT molecular complexity index is 504. The van der Waals surface area contributed by atoms with Crippen LogP contribution in [0.5, 0.6) is 0 Å². The van der Waals surface area contributed by atoms with E-state index in [9.17, 15) is 8.42 Å². The molecule has 108 valence electrons. The van der Waals surface area contributed by atoms with E-state index in [1.54, 1.807) is 33.9 Å². The van der Waals surface area contributed by atoms with Crippen molar-refractivity contribution in [1.82, 2.24) is 4.98 Å². The summed E-state index contributed by atoms with van der Waals surface area (Å²) in [5.74, 6) is 0. The Labute approximate surface area is 115 Å². The van der Waals surface area contributed by atoms with E-state index in [1.807, 2.05) is 6.92 Å². The van der Waals surface area contributed by atoms with Gasteiger partial charge in [-0.25, -0.2) is 13.4 Å². The molecule has 0 spiro atoms. The third kappa shape index (κ3) is 3.91. The lowest BCUT2D eigenvalue weighted by molar-refractivity contribution is 0.129. The lowest BCUT2D eigenvalue weighted by atomic mass is 10.3. The second kappa shape index (κ2) is 5.88. The highest BCUT2D eigenvalue weighted by molar-refractivity contribution is 7.92. The number of rotatable bonds is 5. The molecule has 1 rings (SSSR count). The maximum absolute atomic E-state index is 12.2. The first-order valence-electron chi connectivity index (χ1n) is 6.16. The molecule has 0 fully saturated rings. The van der Waals surface area contributed by atoms with Gasteiger partial charge in [0.1, 0.15) is 0 Å². The second-order valence-electron chi connectivity index (χ2n) is 5.43. The van der Waals surface area contributed by atoms with Crippen LogP contribution in [0.1, 0.15) is 27.7 Å². The van der Waals surface area contributed by atoms with Gasteiger partial charge < -0.3 is 10.1 Å². The van der Waals surface area contributed by atoms with Gasteiger partial charge in [-0.2, -0.15) is 0 Å². The number of sulfone groups is 1. The molecule has 1 heterocycles. The third-order valence-electron chi connectivity index (χ3n) is 2.81. The molecule has 0 aliphatic carbocycles. The Kier molecular flexibility index (Phi) is 4.92. The molecule has 0 saturated carbocycles. The lowest BCUT2D eigenvalue weighted by Gasteiger charge is -2.18. The Morgan fingerprint density at radius 1 is 1.37 bits per heavy atom. The largest absolute Gasteiger partial charge is 0.381 e. The van der Waals surface area contributed by atoms with Crippen LogP contribution in [0.3, 0.4) is 0 Å². The molecule has 1 aromatic heterocycles. The summed E-state index contributed by atoms with van der Waals surface area (Å²) in [6.45, 7) is 7.58. The van der Waals surface area contributed by atoms with Gasteiger partial charge in [0.2, 0.25) is 0 Å². The molecule has 0 aliphatic rings. The van der Waals surface area contributed by atoms with Crippen LogP contribution in [-0.4, -0.2) is 37.9 Å². The zero-order valence-electron chi connectivity index (χ0n) is 12.1. The van der Waals surface area contributed by atoms with Gasteiger partial charge in [-0.3, -0.25) is 0 Å². The van der Waals surface area contributed by atoms with Crippen LogP contribution in [0.25, 0.3) is 0 Å². The van der Waals surface area contributed by atoms with Crippen molar-refractivity contribution in [2.75, 3.05) is 19.0 Å². The van der Waals surface area contributed by atoms with Crippen molar-refractivity contribution in [2.24, 2.45) is 0 Å². The molecule has 1 aromatic rings. The molecule has 0 radical (unpaired) electrons.